The molecule has 0 nitrogen and oxygen atoms in total. The molecule has 0 saturated carbocycles. The molecule has 0 fully saturated rings. The lowest BCUT2D eigenvalue weighted by molar-refractivity contribution is 0.382. The maximum Gasteiger partial charge on any atom is -0.0165 e. The van der Waals surface area contributed by atoms with Gasteiger partial charge < -0.3 is 0 Å². The van der Waals surface area contributed by atoms with E-state index in [-0.39, 0.29) is 0 Å². The van der Waals surface area contributed by atoms with Crippen molar-refractivity contribution in [2.45, 2.75) is 60.8 Å². The fourth-order valence-electron chi connectivity index (χ4n) is 2.27. The Morgan fingerprint density at radius 3 is 1.94 bits per heavy atom. The molecular weight excluding hydrogens is 192 g/mol. The van der Waals surface area contributed by atoms with Crippen LogP contribution in [0, 0.1) is 17.8 Å². The summed E-state index contributed by atoms with van der Waals surface area (Å²) in [5, 5.41) is 0. The number of allylic oxidation sites excluding steroid dienone is 4. The van der Waals surface area contributed by atoms with Gasteiger partial charge in [0, 0.05) is 0 Å². The molecule has 0 heteroatoms. The van der Waals surface area contributed by atoms with Crippen LogP contribution < -0.4 is 0 Å². The summed E-state index contributed by atoms with van der Waals surface area (Å²) in [5.74, 6) is 2.22. The van der Waals surface area contributed by atoms with E-state index in [0.29, 0.717) is 11.8 Å². The van der Waals surface area contributed by atoms with E-state index in [4.69, 9.17) is 0 Å². The quantitative estimate of drug-likeness (QED) is 0.491. The van der Waals surface area contributed by atoms with Crippen LogP contribution in [0.25, 0.3) is 0 Å². The van der Waals surface area contributed by atoms with E-state index in [0.717, 1.165) is 5.92 Å². The van der Waals surface area contributed by atoms with Crippen molar-refractivity contribution in [1.82, 2.24) is 0 Å². The molecule has 0 radical (unpaired) electrons. The minimum absolute atomic E-state index is 0.695. The van der Waals surface area contributed by atoms with Gasteiger partial charge in [0.05, 0.1) is 0 Å². The van der Waals surface area contributed by atoms with Crippen molar-refractivity contribution in [2.24, 2.45) is 17.8 Å². The van der Waals surface area contributed by atoms with Gasteiger partial charge in [-0.2, -0.15) is 0 Å². The van der Waals surface area contributed by atoms with Crippen molar-refractivity contribution < 1.29 is 0 Å². The summed E-state index contributed by atoms with van der Waals surface area (Å²) in [6.07, 6.45) is 10.7. The first-order valence-electron chi connectivity index (χ1n) is 6.94. The zero-order valence-electron chi connectivity index (χ0n) is 12.1. The third kappa shape index (κ3) is 5.01. The molecule has 0 bridgehead atoms. The smallest absolute Gasteiger partial charge is 0.0165 e. The number of rotatable bonds is 7. The summed E-state index contributed by atoms with van der Waals surface area (Å²) in [5.41, 5.74) is 1.53. The highest BCUT2D eigenvalue weighted by Crippen LogP contribution is 2.28. The monoisotopic (exact) mass is 222 g/mol. The Morgan fingerprint density at radius 2 is 1.56 bits per heavy atom. The van der Waals surface area contributed by atoms with Gasteiger partial charge in [0.1, 0.15) is 0 Å². The molecular formula is C16H30. The third-order valence-corrected chi connectivity index (χ3v) is 3.76. The highest BCUT2D eigenvalue weighted by Gasteiger charge is 2.16. The molecule has 0 spiro atoms. The minimum atomic E-state index is 0.695. The lowest BCUT2D eigenvalue weighted by Gasteiger charge is -2.23. The van der Waals surface area contributed by atoms with Crippen LogP contribution in [0.5, 0.6) is 0 Å². The van der Waals surface area contributed by atoms with Crippen molar-refractivity contribution in [3.63, 3.8) is 0 Å². The summed E-state index contributed by atoms with van der Waals surface area (Å²) >= 11 is 0. The topological polar surface area (TPSA) is 0 Å². The molecule has 16 heavy (non-hydrogen) atoms. The van der Waals surface area contributed by atoms with Gasteiger partial charge in [0.25, 0.3) is 0 Å². The molecule has 0 N–H and O–H groups in total. The molecule has 0 heterocycles. The summed E-state index contributed by atoms with van der Waals surface area (Å²) in [6, 6.07) is 0. The Morgan fingerprint density at radius 1 is 1.00 bits per heavy atom. The molecule has 0 saturated heterocycles. The Balaban J connectivity index is 4.82. The lowest BCUT2D eigenvalue weighted by atomic mass is 9.82. The van der Waals surface area contributed by atoms with Crippen LogP contribution in [0.3, 0.4) is 0 Å². The second kappa shape index (κ2) is 8.61. The SMILES string of the molecule is CC=CC(=CC(C)CC)C(C)C(CC)CC. The van der Waals surface area contributed by atoms with Gasteiger partial charge in [-0.15, -0.1) is 0 Å². The minimum Gasteiger partial charge on any atom is -0.0874 e. The van der Waals surface area contributed by atoms with E-state index in [9.17, 15) is 0 Å². The summed E-state index contributed by atoms with van der Waals surface area (Å²) in [7, 11) is 0. The van der Waals surface area contributed by atoms with Crippen molar-refractivity contribution >= 4 is 0 Å². The first-order chi connectivity index (χ1) is 7.60. The fraction of sp³-hybridized carbons (Fsp3) is 0.750. The van der Waals surface area contributed by atoms with E-state index in [1.54, 1.807) is 0 Å². The average molecular weight is 222 g/mol. The standard InChI is InChI=1S/C16H30/c1-7-11-16(12-13(5)8-2)14(6)15(9-3)10-4/h7,11-15H,8-10H2,1-6H3. The summed E-state index contributed by atoms with van der Waals surface area (Å²) < 4.78 is 0. The average Bonchev–Trinajstić information content (AvgIpc) is 2.29. The van der Waals surface area contributed by atoms with Crippen LogP contribution in [-0.2, 0) is 0 Å². The highest BCUT2D eigenvalue weighted by atomic mass is 14.2. The van der Waals surface area contributed by atoms with Crippen molar-refractivity contribution in [1.29, 1.82) is 0 Å². The first kappa shape index (κ1) is 15.5. The molecule has 0 aromatic rings. The maximum absolute atomic E-state index is 2.46. The Labute approximate surface area is 103 Å². The highest BCUT2D eigenvalue weighted by molar-refractivity contribution is 5.22. The predicted molar refractivity (Wildman–Crippen MR) is 75.6 cm³/mol. The lowest BCUT2D eigenvalue weighted by Crippen LogP contribution is -2.12. The molecule has 2 unspecified atom stereocenters. The Bertz CT molecular complexity index is 218. The summed E-state index contributed by atoms with van der Waals surface area (Å²) in [4.78, 5) is 0. The molecule has 0 aromatic heterocycles. The molecule has 0 amide bonds. The van der Waals surface area contributed by atoms with Crippen LogP contribution in [0.15, 0.2) is 23.8 Å². The number of hydrogen-bond acceptors (Lipinski definition) is 0. The Hall–Kier alpha value is -0.520. The Kier molecular flexibility index (Phi) is 8.33. The second-order valence-corrected chi connectivity index (χ2v) is 4.92. The molecule has 94 valence electrons. The van der Waals surface area contributed by atoms with E-state index in [1.807, 2.05) is 0 Å². The van der Waals surface area contributed by atoms with Gasteiger partial charge in [0.2, 0.25) is 0 Å². The zero-order chi connectivity index (χ0) is 12.6. The molecule has 0 rings (SSSR count). The van der Waals surface area contributed by atoms with Gasteiger partial charge in [-0.25, -0.2) is 0 Å². The van der Waals surface area contributed by atoms with Crippen LogP contribution >= 0.6 is 0 Å². The van der Waals surface area contributed by atoms with Crippen LogP contribution in [0.4, 0.5) is 0 Å². The normalized spacial score (nSPS) is 17.1. The van der Waals surface area contributed by atoms with Crippen molar-refractivity contribution in [3.8, 4) is 0 Å². The van der Waals surface area contributed by atoms with Crippen molar-refractivity contribution in [2.75, 3.05) is 0 Å². The van der Waals surface area contributed by atoms with Gasteiger partial charge in [-0.3, -0.25) is 0 Å². The fourth-order valence-corrected chi connectivity index (χ4v) is 2.27. The van der Waals surface area contributed by atoms with E-state index < -0.39 is 0 Å². The van der Waals surface area contributed by atoms with E-state index in [2.05, 4.69) is 59.8 Å². The van der Waals surface area contributed by atoms with Gasteiger partial charge in [0.15, 0.2) is 0 Å². The summed E-state index contributed by atoms with van der Waals surface area (Å²) in [6.45, 7) is 13.7. The van der Waals surface area contributed by atoms with Gasteiger partial charge >= 0.3 is 0 Å². The number of hydrogen-bond donors (Lipinski definition) is 0. The van der Waals surface area contributed by atoms with Crippen molar-refractivity contribution in [3.05, 3.63) is 23.8 Å². The van der Waals surface area contributed by atoms with Crippen LogP contribution in [0.2, 0.25) is 0 Å². The molecule has 0 aliphatic heterocycles. The van der Waals surface area contributed by atoms with Crippen LogP contribution in [-0.4, -0.2) is 0 Å². The first-order valence-corrected chi connectivity index (χ1v) is 6.94. The maximum atomic E-state index is 2.46. The second-order valence-electron chi connectivity index (χ2n) is 4.92. The molecule has 0 aromatic carbocycles. The van der Waals surface area contributed by atoms with Crippen LogP contribution in [0.1, 0.15) is 60.8 Å². The largest absolute Gasteiger partial charge is 0.0874 e. The molecule has 0 aliphatic rings. The van der Waals surface area contributed by atoms with Gasteiger partial charge in [-0.05, 0) is 30.3 Å². The van der Waals surface area contributed by atoms with E-state index >= 15 is 0 Å². The predicted octanol–water partition coefficient (Wildman–Crippen LogP) is 5.61. The molecule has 2 atom stereocenters. The van der Waals surface area contributed by atoms with E-state index in [1.165, 1.54) is 24.8 Å². The molecule has 0 aliphatic carbocycles. The third-order valence-electron chi connectivity index (χ3n) is 3.76. The zero-order valence-corrected chi connectivity index (χ0v) is 12.1. The van der Waals surface area contributed by atoms with Gasteiger partial charge in [-0.1, -0.05) is 72.1 Å².